The van der Waals surface area contributed by atoms with Crippen LogP contribution >= 0.6 is 0 Å². The number of imidazole rings is 1. The third-order valence-corrected chi connectivity index (χ3v) is 2.27. The van der Waals surface area contributed by atoms with E-state index >= 15 is 0 Å². The van der Waals surface area contributed by atoms with Gasteiger partial charge in [-0.05, 0) is 18.6 Å². The van der Waals surface area contributed by atoms with E-state index < -0.39 is 0 Å². The lowest BCUT2D eigenvalue weighted by Crippen LogP contribution is -2.10. The molecule has 1 atom stereocenters. The van der Waals surface area contributed by atoms with Gasteiger partial charge in [-0.1, -0.05) is 13.0 Å². The minimum absolute atomic E-state index is 0.0809. The Hall–Kier alpha value is -1.35. The number of fused-ring (bicyclic) bond motifs is 1. The van der Waals surface area contributed by atoms with Crippen LogP contribution in [-0.2, 0) is 0 Å². The molecule has 0 aromatic carbocycles. The Morgan fingerprint density at radius 3 is 3.15 bits per heavy atom. The van der Waals surface area contributed by atoms with Crippen LogP contribution in [0.4, 0.5) is 0 Å². The first-order chi connectivity index (χ1) is 6.33. The second-order valence-corrected chi connectivity index (χ2v) is 3.13. The first-order valence-corrected chi connectivity index (χ1v) is 4.50. The third kappa shape index (κ3) is 1.31. The summed E-state index contributed by atoms with van der Waals surface area (Å²) in [5.41, 5.74) is 7.99. The summed E-state index contributed by atoms with van der Waals surface area (Å²) < 4.78 is 2.04. The molecule has 2 heterocycles. The Kier molecular flexibility index (Phi) is 2.02. The first-order valence-electron chi connectivity index (χ1n) is 4.50. The molecule has 0 spiro atoms. The number of aromatic nitrogens is 2. The number of rotatable bonds is 2. The van der Waals surface area contributed by atoms with Crippen molar-refractivity contribution in [2.75, 3.05) is 0 Å². The fourth-order valence-electron chi connectivity index (χ4n) is 1.44. The molecule has 0 saturated heterocycles. The molecule has 1 unspecified atom stereocenters. The zero-order chi connectivity index (χ0) is 9.26. The zero-order valence-corrected chi connectivity index (χ0v) is 7.64. The predicted molar refractivity (Wildman–Crippen MR) is 52.4 cm³/mol. The van der Waals surface area contributed by atoms with Crippen molar-refractivity contribution in [1.82, 2.24) is 9.38 Å². The van der Waals surface area contributed by atoms with E-state index in [1.807, 2.05) is 35.0 Å². The van der Waals surface area contributed by atoms with E-state index in [0.29, 0.717) is 0 Å². The van der Waals surface area contributed by atoms with Gasteiger partial charge in [-0.2, -0.15) is 0 Å². The summed E-state index contributed by atoms with van der Waals surface area (Å²) in [6.07, 6.45) is 4.78. The van der Waals surface area contributed by atoms with E-state index in [1.165, 1.54) is 0 Å². The number of nitrogens with zero attached hydrogens (tertiary/aromatic N) is 2. The van der Waals surface area contributed by atoms with E-state index in [4.69, 9.17) is 5.73 Å². The second-order valence-electron chi connectivity index (χ2n) is 3.13. The van der Waals surface area contributed by atoms with Gasteiger partial charge in [0.2, 0.25) is 0 Å². The standard InChI is InChI=1S/C10H13N3/c1-2-8(11)9-7-12-10-5-3-4-6-13(9)10/h3-8H,2,11H2,1H3. The molecule has 2 aromatic rings. The Bertz CT molecular complexity index is 405. The van der Waals surface area contributed by atoms with Crippen molar-refractivity contribution in [3.63, 3.8) is 0 Å². The molecular weight excluding hydrogens is 162 g/mol. The van der Waals surface area contributed by atoms with Crippen LogP contribution in [0.2, 0.25) is 0 Å². The molecule has 2 aromatic heterocycles. The molecule has 13 heavy (non-hydrogen) atoms. The molecule has 3 nitrogen and oxygen atoms in total. The highest BCUT2D eigenvalue weighted by Gasteiger charge is 2.08. The minimum Gasteiger partial charge on any atom is -0.323 e. The Morgan fingerprint density at radius 2 is 2.38 bits per heavy atom. The minimum atomic E-state index is 0.0809. The summed E-state index contributed by atoms with van der Waals surface area (Å²) in [5.74, 6) is 0. The van der Waals surface area contributed by atoms with Gasteiger partial charge in [-0.3, -0.25) is 0 Å². The van der Waals surface area contributed by atoms with Crippen LogP contribution in [0.1, 0.15) is 25.1 Å². The number of hydrogen-bond donors (Lipinski definition) is 1. The van der Waals surface area contributed by atoms with Crippen LogP contribution < -0.4 is 5.73 Å². The third-order valence-electron chi connectivity index (χ3n) is 2.27. The van der Waals surface area contributed by atoms with Gasteiger partial charge in [0.1, 0.15) is 5.65 Å². The molecule has 0 amide bonds. The average molecular weight is 175 g/mol. The van der Waals surface area contributed by atoms with Crippen molar-refractivity contribution in [1.29, 1.82) is 0 Å². The number of pyridine rings is 1. The molecular formula is C10H13N3. The monoisotopic (exact) mass is 175 g/mol. The van der Waals surface area contributed by atoms with Crippen molar-refractivity contribution in [3.8, 4) is 0 Å². The van der Waals surface area contributed by atoms with Gasteiger partial charge in [0.05, 0.1) is 11.9 Å². The highest BCUT2D eigenvalue weighted by atomic mass is 15.0. The maximum Gasteiger partial charge on any atom is 0.136 e. The molecule has 3 heteroatoms. The van der Waals surface area contributed by atoms with E-state index in [0.717, 1.165) is 17.8 Å². The maximum atomic E-state index is 5.94. The van der Waals surface area contributed by atoms with Crippen LogP contribution in [0, 0.1) is 0 Å². The quantitative estimate of drug-likeness (QED) is 0.755. The Balaban J connectivity index is 2.57. The van der Waals surface area contributed by atoms with Gasteiger partial charge in [-0.25, -0.2) is 4.98 Å². The van der Waals surface area contributed by atoms with Crippen molar-refractivity contribution in [2.24, 2.45) is 5.73 Å². The van der Waals surface area contributed by atoms with Gasteiger partial charge < -0.3 is 10.1 Å². The van der Waals surface area contributed by atoms with Crippen LogP contribution in [0.15, 0.2) is 30.6 Å². The van der Waals surface area contributed by atoms with Crippen LogP contribution in [0.5, 0.6) is 0 Å². The van der Waals surface area contributed by atoms with Gasteiger partial charge >= 0.3 is 0 Å². The molecule has 0 aliphatic rings. The summed E-state index contributed by atoms with van der Waals surface area (Å²) >= 11 is 0. The number of hydrogen-bond acceptors (Lipinski definition) is 2. The molecule has 0 saturated carbocycles. The van der Waals surface area contributed by atoms with Gasteiger partial charge in [-0.15, -0.1) is 0 Å². The Morgan fingerprint density at radius 1 is 1.54 bits per heavy atom. The lowest BCUT2D eigenvalue weighted by Gasteiger charge is -2.07. The average Bonchev–Trinajstić information content (AvgIpc) is 2.60. The SMILES string of the molecule is CCC(N)c1cnc2ccccn12. The fourth-order valence-corrected chi connectivity index (χ4v) is 1.44. The summed E-state index contributed by atoms with van der Waals surface area (Å²) in [4.78, 5) is 4.27. The normalized spacial score (nSPS) is 13.4. The molecule has 2 rings (SSSR count). The summed E-state index contributed by atoms with van der Waals surface area (Å²) in [6, 6.07) is 6.02. The van der Waals surface area contributed by atoms with Crippen LogP contribution in [0.25, 0.3) is 5.65 Å². The summed E-state index contributed by atoms with van der Waals surface area (Å²) in [7, 11) is 0. The Labute approximate surface area is 77.2 Å². The summed E-state index contributed by atoms with van der Waals surface area (Å²) in [5, 5.41) is 0. The van der Waals surface area contributed by atoms with E-state index in [9.17, 15) is 0 Å². The predicted octanol–water partition coefficient (Wildman–Crippen LogP) is 1.74. The number of nitrogens with two attached hydrogens (primary N) is 1. The van der Waals surface area contributed by atoms with Crippen molar-refractivity contribution >= 4 is 5.65 Å². The molecule has 0 aliphatic heterocycles. The van der Waals surface area contributed by atoms with Gasteiger partial charge in [0, 0.05) is 12.2 Å². The topological polar surface area (TPSA) is 43.3 Å². The highest BCUT2D eigenvalue weighted by Crippen LogP contribution is 2.14. The molecule has 68 valence electrons. The fraction of sp³-hybridized carbons (Fsp3) is 0.300. The largest absolute Gasteiger partial charge is 0.323 e. The van der Waals surface area contributed by atoms with Crippen molar-refractivity contribution in [3.05, 3.63) is 36.3 Å². The maximum absolute atomic E-state index is 5.94. The summed E-state index contributed by atoms with van der Waals surface area (Å²) in [6.45, 7) is 2.08. The van der Waals surface area contributed by atoms with Crippen LogP contribution in [-0.4, -0.2) is 9.38 Å². The van der Waals surface area contributed by atoms with E-state index in [1.54, 1.807) is 0 Å². The lowest BCUT2D eigenvalue weighted by atomic mass is 10.2. The van der Waals surface area contributed by atoms with E-state index in [-0.39, 0.29) is 6.04 Å². The molecule has 0 bridgehead atoms. The van der Waals surface area contributed by atoms with Crippen LogP contribution in [0.3, 0.4) is 0 Å². The lowest BCUT2D eigenvalue weighted by molar-refractivity contribution is 0.669. The van der Waals surface area contributed by atoms with Gasteiger partial charge in [0.25, 0.3) is 0 Å². The molecule has 0 aliphatic carbocycles. The second kappa shape index (κ2) is 3.18. The first kappa shape index (κ1) is 8.26. The van der Waals surface area contributed by atoms with Crippen molar-refractivity contribution < 1.29 is 0 Å². The molecule has 0 radical (unpaired) electrons. The smallest absolute Gasteiger partial charge is 0.136 e. The van der Waals surface area contributed by atoms with Crippen molar-refractivity contribution in [2.45, 2.75) is 19.4 Å². The van der Waals surface area contributed by atoms with E-state index in [2.05, 4.69) is 11.9 Å². The highest BCUT2D eigenvalue weighted by molar-refractivity contribution is 5.40. The van der Waals surface area contributed by atoms with Gasteiger partial charge in [0.15, 0.2) is 0 Å². The zero-order valence-electron chi connectivity index (χ0n) is 7.64. The molecule has 2 N–H and O–H groups in total. The molecule has 0 fully saturated rings.